The number of ether oxygens (including phenoxy) is 2. The van der Waals surface area contributed by atoms with E-state index in [1.807, 2.05) is 31.2 Å². The van der Waals surface area contributed by atoms with Crippen molar-refractivity contribution in [2.45, 2.75) is 31.9 Å². The van der Waals surface area contributed by atoms with E-state index in [2.05, 4.69) is 15.6 Å². The van der Waals surface area contributed by atoms with Gasteiger partial charge in [-0.05, 0) is 24.6 Å². The van der Waals surface area contributed by atoms with Gasteiger partial charge in [0.15, 0.2) is 17.5 Å². The summed E-state index contributed by atoms with van der Waals surface area (Å²) in [6.07, 6.45) is 1.17. The molecule has 9 heteroatoms. The number of guanidine groups is 1. The van der Waals surface area contributed by atoms with Crippen molar-refractivity contribution in [2.24, 2.45) is 4.99 Å². The summed E-state index contributed by atoms with van der Waals surface area (Å²) in [6.45, 7) is 2.98. The fourth-order valence-electron chi connectivity index (χ4n) is 3.30. The van der Waals surface area contributed by atoms with Crippen LogP contribution in [0.4, 0.5) is 4.39 Å². The molecule has 0 saturated heterocycles. The van der Waals surface area contributed by atoms with Crippen LogP contribution in [0.1, 0.15) is 31.4 Å². The summed E-state index contributed by atoms with van der Waals surface area (Å²) in [5, 5.41) is 6.68. The van der Waals surface area contributed by atoms with Crippen LogP contribution in [-0.4, -0.2) is 56.7 Å². The Morgan fingerprint density at radius 3 is 2.70 bits per heavy atom. The number of carbonyl (C=O) groups is 1. The molecule has 1 heterocycles. The normalized spacial score (nSPS) is 15.9. The van der Waals surface area contributed by atoms with E-state index in [0.29, 0.717) is 25.5 Å². The fourth-order valence-corrected chi connectivity index (χ4v) is 3.30. The molecule has 7 nitrogen and oxygen atoms in total. The molecule has 0 saturated carbocycles. The predicted molar refractivity (Wildman–Crippen MR) is 138 cm³/mol. The maximum absolute atomic E-state index is 14.0. The third kappa shape index (κ3) is 7.76. The number of aliphatic imine (C=N–C) groups is 1. The van der Waals surface area contributed by atoms with Gasteiger partial charge in [0.2, 0.25) is 5.91 Å². The van der Waals surface area contributed by atoms with E-state index >= 15 is 0 Å². The van der Waals surface area contributed by atoms with Crippen molar-refractivity contribution in [3.8, 4) is 11.5 Å². The molecule has 33 heavy (non-hydrogen) atoms. The summed E-state index contributed by atoms with van der Waals surface area (Å²) in [6, 6.07) is 14.2. The van der Waals surface area contributed by atoms with E-state index in [1.165, 1.54) is 11.0 Å². The van der Waals surface area contributed by atoms with E-state index in [1.54, 1.807) is 32.3 Å². The Kier molecular flexibility index (Phi) is 10.7. The van der Waals surface area contributed by atoms with Crippen molar-refractivity contribution in [2.75, 3.05) is 33.8 Å². The zero-order chi connectivity index (χ0) is 22.9. The number of hydrogen-bond donors (Lipinski definition) is 2. The molecule has 2 aromatic carbocycles. The second-order valence-corrected chi connectivity index (χ2v) is 7.78. The maximum Gasteiger partial charge on any atom is 0.243 e. The number of nitrogens with zero attached hydrogens (tertiary/aromatic N) is 2. The van der Waals surface area contributed by atoms with Gasteiger partial charge in [0.1, 0.15) is 18.4 Å². The predicted octanol–water partition coefficient (Wildman–Crippen LogP) is 3.75. The van der Waals surface area contributed by atoms with Crippen molar-refractivity contribution in [1.29, 1.82) is 0 Å². The van der Waals surface area contributed by atoms with Gasteiger partial charge < -0.3 is 25.0 Å². The minimum atomic E-state index is -0.395. The number of benzene rings is 2. The van der Waals surface area contributed by atoms with Crippen molar-refractivity contribution in [3.63, 3.8) is 0 Å². The van der Waals surface area contributed by atoms with Gasteiger partial charge in [-0.2, -0.15) is 0 Å². The Morgan fingerprint density at radius 1 is 1.24 bits per heavy atom. The molecular formula is C24H32FIN4O3. The summed E-state index contributed by atoms with van der Waals surface area (Å²) in [5.74, 6) is 1.06. The summed E-state index contributed by atoms with van der Waals surface area (Å²) < 4.78 is 25.6. The number of fused-ring (bicyclic) bond motifs is 1. The highest BCUT2D eigenvalue weighted by Crippen LogP contribution is 2.31. The topological polar surface area (TPSA) is 75.2 Å². The Hall–Kier alpha value is -2.56. The number of rotatable bonds is 8. The Balaban J connectivity index is 0.00000385. The van der Waals surface area contributed by atoms with Gasteiger partial charge in [0.25, 0.3) is 0 Å². The number of hydrogen-bond acceptors (Lipinski definition) is 4. The molecule has 0 fully saturated rings. The first-order valence-electron chi connectivity index (χ1n) is 10.9. The van der Waals surface area contributed by atoms with Gasteiger partial charge in [0, 0.05) is 26.1 Å². The van der Waals surface area contributed by atoms with Gasteiger partial charge >= 0.3 is 0 Å². The minimum Gasteiger partial charge on any atom is -0.493 e. The van der Waals surface area contributed by atoms with Crippen molar-refractivity contribution >= 4 is 35.8 Å². The summed E-state index contributed by atoms with van der Waals surface area (Å²) in [5.41, 5.74) is 1.04. The molecule has 2 aromatic rings. The SMILES string of the molecule is CCC(CNC(=NCC(=O)N(C)C)NC1CCOc2ccccc21)Oc1ccccc1F.I. The highest BCUT2D eigenvalue weighted by Gasteiger charge is 2.22. The lowest BCUT2D eigenvalue weighted by Crippen LogP contribution is -2.45. The Bertz CT molecular complexity index is 941. The van der Waals surface area contributed by atoms with Crippen LogP contribution < -0.4 is 20.1 Å². The lowest BCUT2D eigenvalue weighted by molar-refractivity contribution is -0.127. The molecular weight excluding hydrogens is 538 g/mol. The first-order chi connectivity index (χ1) is 15.5. The van der Waals surface area contributed by atoms with Crippen LogP contribution in [0.3, 0.4) is 0 Å². The van der Waals surface area contributed by atoms with E-state index in [-0.39, 0.29) is 54.3 Å². The molecule has 0 radical (unpaired) electrons. The zero-order valence-electron chi connectivity index (χ0n) is 19.2. The molecule has 2 unspecified atom stereocenters. The summed E-state index contributed by atoms with van der Waals surface area (Å²) in [7, 11) is 3.39. The van der Waals surface area contributed by atoms with Crippen molar-refractivity contribution in [1.82, 2.24) is 15.5 Å². The van der Waals surface area contributed by atoms with Crippen molar-refractivity contribution < 1.29 is 18.7 Å². The summed E-state index contributed by atoms with van der Waals surface area (Å²) in [4.78, 5) is 18.1. The van der Waals surface area contributed by atoms with E-state index in [0.717, 1.165) is 17.7 Å². The first kappa shape index (κ1) is 26.7. The van der Waals surface area contributed by atoms with Gasteiger partial charge in [-0.1, -0.05) is 37.3 Å². The second-order valence-electron chi connectivity index (χ2n) is 7.78. The Labute approximate surface area is 211 Å². The lowest BCUT2D eigenvalue weighted by atomic mass is 10.0. The molecule has 0 spiro atoms. The van der Waals surface area contributed by atoms with Crippen molar-refractivity contribution in [3.05, 3.63) is 59.9 Å². The van der Waals surface area contributed by atoms with E-state index in [4.69, 9.17) is 9.47 Å². The smallest absolute Gasteiger partial charge is 0.243 e. The van der Waals surface area contributed by atoms with Crippen LogP contribution in [-0.2, 0) is 4.79 Å². The molecule has 1 aliphatic heterocycles. The quantitative estimate of drug-likeness (QED) is 0.288. The van der Waals surface area contributed by atoms with Gasteiger partial charge in [0.05, 0.1) is 19.2 Å². The highest BCUT2D eigenvalue weighted by atomic mass is 127. The van der Waals surface area contributed by atoms with Crippen LogP contribution in [0.15, 0.2) is 53.5 Å². The number of carbonyl (C=O) groups excluding carboxylic acids is 1. The highest BCUT2D eigenvalue weighted by molar-refractivity contribution is 14.0. The number of likely N-dealkylation sites (N-methyl/N-ethyl adjacent to an activating group) is 1. The number of para-hydroxylation sites is 2. The Morgan fingerprint density at radius 2 is 1.97 bits per heavy atom. The molecule has 2 N–H and O–H groups in total. The average molecular weight is 570 g/mol. The number of amides is 1. The van der Waals surface area contributed by atoms with Crippen LogP contribution >= 0.6 is 24.0 Å². The minimum absolute atomic E-state index is 0. The second kappa shape index (κ2) is 13.2. The molecule has 0 bridgehead atoms. The standard InChI is InChI=1S/C24H31FN4O3.HI/c1-4-17(32-22-12-8-6-10-19(22)25)15-26-24(27-16-23(30)29(2)3)28-20-13-14-31-21-11-7-5-9-18(20)21;/h5-12,17,20H,4,13-16H2,1-3H3,(H2,26,27,28);1H. The third-order valence-electron chi connectivity index (χ3n) is 5.22. The summed E-state index contributed by atoms with van der Waals surface area (Å²) >= 11 is 0. The van der Waals surface area contributed by atoms with Crippen LogP contribution in [0.25, 0.3) is 0 Å². The molecule has 1 aliphatic rings. The van der Waals surface area contributed by atoms with E-state index < -0.39 is 5.82 Å². The first-order valence-corrected chi connectivity index (χ1v) is 10.9. The fraction of sp³-hybridized carbons (Fsp3) is 0.417. The molecule has 180 valence electrons. The van der Waals surface area contributed by atoms with Gasteiger partial charge in [-0.3, -0.25) is 4.79 Å². The maximum atomic E-state index is 14.0. The van der Waals surface area contributed by atoms with Gasteiger partial charge in [-0.25, -0.2) is 9.38 Å². The largest absolute Gasteiger partial charge is 0.493 e. The van der Waals surface area contributed by atoms with Gasteiger partial charge in [-0.15, -0.1) is 24.0 Å². The molecule has 0 aliphatic carbocycles. The monoisotopic (exact) mass is 570 g/mol. The molecule has 1 amide bonds. The molecule has 0 aromatic heterocycles. The number of nitrogens with one attached hydrogen (secondary N) is 2. The van der Waals surface area contributed by atoms with Crippen LogP contribution in [0.2, 0.25) is 0 Å². The zero-order valence-corrected chi connectivity index (χ0v) is 21.5. The average Bonchev–Trinajstić information content (AvgIpc) is 2.80. The molecule has 2 atom stereocenters. The van der Waals surface area contributed by atoms with E-state index in [9.17, 15) is 9.18 Å². The van der Waals surface area contributed by atoms with Crippen LogP contribution in [0, 0.1) is 5.82 Å². The van der Waals surface area contributed by atoms with Crippen LogP contribution in [0.5, 0.6) is 11.5 Å². The lowest BCUT2D eigenvalue weighted by Gasteiger charge is -2.28. The third-order valence-corrected chi connectivity index (χ3v) is 5.22. The number of halogens is 2. The molecule has 3 rings (SSSR count).